The Labute approximate surface area is 193 Å². The van der Waals surface area contributed by atoms with Crippen LogP contribution in [-0.4, -0.2) is 47.3 Å². The second-order valence-electron chi connectivity index (χ2n) is 7.71. The van der Waals surface area contributed by atoms with Crippen molar-refractivity contribution in [1.29, 1.82) is 0 Å². The Morgan fingerprint density at radius 2 is 1.70 bits per heavy atom. The van der Waals surface area contributed by atoms with E-state index in [9.17, 15) is 4.79 Å². The minimum Gasteiger partial charge on any atom is -0.493 e. The zero-order chi connectivity index (χ0) is 23.2. The fourth-order valence-electron chi connectivity index (χ4n) is 3.95. The van der Waals surface area contributed by atoms with Crippen LogP contribution in [-0.2, 0) is 11.3 Å². The quantitative estimate of drug-likeness (QED) is 0.450. The Kier molecular flexibility index (Phi) is 7.12. The van der Waals surface area contributed by atoms with Crippen LogP contribution in [0.15, 0.2) is 47.0 Å². The second kappa shape index (κ2) is 10.4. The van der Waals surface area contributed by atoms with E-state index in [1.807, 2.05) is 68.1 Å². The Morgan fingerprint density at radius 3 is 2.48 bits per heavy atom. The minimum absolute atomic E-state index is 0.0629. The molecule has 8 nitrogen and oxygen atoms in total. The Hall–Kier alpha value is -3.55. The average molecular weight is 452 g/mol. The van der Waals surface area contributed by atoms with Crippen molar-refractivity contribution >= 4 is 5.91 Å². The first-order valence-corrected chi connectivity index (χ1v) is 11.3. The van der Waals surface area contributed by atoms with E-state index >= 15 is 0 Å². The lowest BCUT2D eigenvalue weighted by atomic mass is 10.1. The smallest absolute Gasteiger partial charge is 0.261 e. The fourth-order valence-corrected chi connectivity index (χ4v) is 3.95. The van der Waals surface area contributed by atoms with Gasteiger partial charge in [0.15, 0.2) is 17.3 Å². The number of rotatable bonds is 10. The summed E-state index contributed by atoms with van der Waals surface area (Å²) < 4.78 is 22.5. The van der Waals surface area contributed by atoms with E-state index in [2.05, 4.69) is 10.1 Å². The minimum atomic E-state index is -0.122. The lowest BCUT2D eigenvalue weighted by Crippen LogP contribution is -2.24. The van der Waals surface area contributed by atoms with Gasteiger partial charge in [-0.1, -0.05) is 23.4 Å². The van der Waals surface area contributed by atoms with Crippen molar-refractivity contribution in [2.75, 3.05) is 26.4 Å². The molecule has 1 unspecified atom stereocenters. The molecular weight excluding hydrogens is 422 g/mol. The molecular formula is C25H29N3O5. The third-order valence-electron chi connectivity index (χ3n) is 5.42. The summed E-state index contributed by atoms with van der Waals surface area (Å²) in [6, 6.07) is 13.3. The number of nitrogens with zero attached hydrogens (tertiary/aromatic N) is 3. The van der Waals surface area contributed by atoms with E-state index < -0.39 is 0 Å². The van der Waals surface area contributed by atoms with E-state index in [1.165, 1.54) is 0 Å². The van der Waals surface area contributed by atoms with Gasteiger partial charge >= 0.3 is 0 Å². The third-order valence-corrected chi connectivity index (χ3v) is 5.42. The van der Waals surface area contributed by atoms with Gasteiger partial charge in [-0.05, 0) is 50.6 Å². The molecule has 4 rings (SSSR count). The van der Waals surface area contributed by atoms with Crippen LogP contribution >= 0.6 is 0 Å². The van der Waals surface area contributed by atoms with Gasteiger partial charge in [0.1, 0.15) is 5.75 Å². The molecule has 1 amide bonds. The van der Waals surface area contributed by atoms with Crippen molar-refractivity contribution in [3.8, 4) is 28.7 Å². The topological polar surface area (TPSA) is 86.9 Å². The van der Waals surface area contributed by atoms with Gasteiger partial charge in [0.2, 0.25) is 5.91 Å². The largest absolute Gasteiger partial charge is 0.493 e. The molecule has 0 N–H and O–H groups in total. The van der Waals surface area contributed by atoms with Crippen molar-refractivity contribution in [1.82, 2.24) is 15.0 Å². The maximum atomic E-state index is 12.7. The Morgan fingerprint density at radius 1 is 0.970 bits per heavy atom. The van der Waals surface area contributed by atoms with Gasteiger partial charge in [-0.3, -0.25) is 4.79 Å². The molecule has 3 aromatic rings. The predicted octanol–water partition coefficient (Wildman–Crippen LogP) is 4.45. The predicted molar refractivity (Wildman–Crippen MR) is 122 cm³/mol. The molecule has 8 heteroatoms. The first-order chi connectivity index (χ1) is 16.1. The number of hydrogen-bond acceptors (Lipinski definition) is 7. The first-order valence-electron chi connectivity index (χ1n) is 11.3. The number of hydrogen-bond donors (Lipinski definition) is 0. The molecule has 1 saturated heterocycles. The van der Waals surface area contributed by atoms with Crippen molar-refractivity contribution in [2.45, 2.75) is 39.7 Å². The van der Waals surface area contributed by atoms with Crippen molar-refractivity contribution in [3.63, 3.8) is 0 Å². The van der Waals surface area contributed by atoms with Crippen LogP contribution in [0, 0.1) is 0 Å². The zero-order valence-corrected chi connectivity index (χ0v) is 19.2. The van der Waals surface area contributed by atoms with Crippen LogP contribution in [0.1, 0.15) is 44.5 Å². The second-order valence-corrected chi connectivity index (χ2v) is 7.71. The number of likely N-dealkylation sites (tertiary alicyclic amines) is 1. The highest BCUT2D eigenvalue weighted by Gasteiger charge is 2.34. The summed E-state index contributed by atoms with van der Waals surface area (Å²) in [6.07, 6.45) is 0.349. The van der Waals surface area contributed by atoms with E-state index in [-0.39, 0.29) is 11.8 Å². The maximum absolute atomic E-state index is 12.7. The lowest BCUT2D eigenvalue weighted by molar-refractivity contribution is -0.128. The van der Waals surface area contributed by atoms with Crippen LogP contribution in [0.4, 0.5) is 0 Å². The van der Waals surface area contributed by atoms with Crippen molar-refractivity contribution in [2.24, 2.45) is 0 Å². The molecule has 2 aromatic carbocycles. The van der Waals surface area contributed by atoms with Gasteiger partial charge in [0, 0.05) is 25.4 Å². The number of carbonyl (C=O) groups is 1. The van der Waals surface area contributed by atoms with Gasteiger partial charge in [-0.15, -0.1) is 0 Å². The molecule has 1 atom stereocenters. The van der Waals surface area contributed by atoms with Gasteiger partial charge in [-0.2, -0.15) is 4.98 Å². The van der Waals surface area contributed by atoms with Crippen molar-refractivity contribution < 1.29 is 23.5 Å². The molecule has 2 heterocycles. The molecule has 0 aliphatic carbocycles. The number of benzene rings is 2. The molecule has 1 aliphatic rings. The standard InChI is InChI=1S/C25H29N3O5/c1-4-30-20-10-8-7-9-19(20)25-26-24(27-33-25)18-14-23(29)28(16-18)15-17-11-12-21(31-5-2)22(13-17)32-6-3/h7-13,18H,4-6,14-16H2,1-3H3. The highest BCUT2D eigenvalue weighted by Crippen LogP contribution is 2.34. The van der Waals surface area contributed by atoms with Gasteiger partial charge in [-0.25, -0.2) is 0 Å². The van der Waals surface area contributed by atoms with Crippen LogP contribution in [0.2, 0.25) is 0 Å². The summed E-state index contributed by atoms with van der Waals surface area (Å²) >= 11 is 0. The number of carbonyl (C=O) groups excluding carboxylic acids is 1. The van der Waals surface area contributed by atoms with E-state index in [1.54, 1.807) is 0 Å². The van der Waals surface area contributed by atoms with Gasteiger partial charge < -0.3 is 23.6 Å². The van der Waals surface area contributed by atoms with Crippen LogP contribution in [0.5, 0.6) is 17.2 Å². The Bertz CT molecular complexity index is 1100. The number of aromatic nitrogens is 2. The lowest BCUT2D eigenvalue weighted by Gasteiger charge is -2.18. The Balaban J connectivity index is 1.47. The molecule has 1 aliphatic heterocycles. The third kappa shape index (κ3) is 5.10. The molecule has 1 fully saturated rings. The summed E-state index contributed by atoms with van der Waals surface area (Å²) in [5.74, 6) is 2.97. The number of ether oxygens (including phenoxy) is 3. The highest BCUT2D eigenvalue weighted by molar-refractivity contribution is 5.79. The molecule has 0 radical (unpaired) electrons. The molecule has 1 aromatic heterocycles. The summed E-state index contributed by atoms with van der Waals surface area (Å²) in [5, 5.41) is 4.17. The number of amides is 1. The zero-order valence-electron chi connectivity index (χ0n) is 19.2. The molecule has 174 valence electrons. The summed E-state index contributed by atoms with van der Waals surface area (Å²) in [5.41, 5.74) is 1.73. The maximum Gasteiger partial charge on any atom is 0.261 e. The van der Waals surface area contributed by atoms with Gasteiger partial charge in [0.05, 0.1) is 25.4 Å². The van der Waals surface area contributed by atoms with E-state index in [0.29, 0.717) is 68.3 Å². The first kappa shape index (κ1) is 22.6. The summed E-state index contributed by atoms with van der Waals surface area (Å²) in [4.78, 5) is 19.1. The van der Waals surface area contributed by atoms with E-state index in [0.717, 1.165) is 11.1 Å². The SMILES string of the molecule is CCOc1ccc(CN2CC(c3noc(-c4ccccc4OCC)n3)CC2=O)cc1OCC. The average Bonchev–Trinajstić information content (AvgIpc) is 3.44. The number of para-hydroxylation sites is 1. The fraction of sp³-hybridized carbons (Fsp3) is 0.400. The molecule has 0 bridgehead atoms. The normalized spacial score (nSPS) is 15.7. The highest BCUT2D eigenvalue weighted by atomic mass is 16.5. The van der Waals surface area contributed by atoms with Crippen LogP contribution < -0.4 is 14.2 Å². The van der Waals surface area contributed by atoms with Crippen molar-refractivity contribution in [3.05, 3.63) is 53.9 Å². The van der Waals surface area contributed by atoms with Crippen LogP contribution in [0.3, 0.4) is 0 Å². The van der Waals surface area contributed by atoms with Crippen LogP contribution in [0.25, 0.3) is 11.5 Å². The van der Waals surface area contributed by atoms with Gasteiger partial charge in [0.25, 0.3) is 5.89 Å². The molecule has 0 spiro atoms. The summed E-state index contributed by atoms with van der Waals surface area (Å²) in [6.45, 7) is 8.46. The van der Waals surface area contributed by atoms with E-state index in [4.69, 9.17) is 18.7 Å². The molecule has 33 heavy (non-hydrogen) atoms. The molecule has 0 saturated carbocycles. The monoisotopic (exact) mass is 451 g/mol. The summed E-state index contributed by atoms with van der Waals surface area (Å²) in [7, 11) is 0.